The smallest absolute Gasteiger partial charge is 0.150 e. The van der Waals surface area contributed by atoms with Gasteiger partial charge in [0.15, 0.2) is 5.75 Å². The summed E-state index contributed by atoms with van der Waals surface area (Å²) in [6.07, 6.45) is 2.43. The molecule has 1 fully saturated rings. The normalized spacial score (nSPS) is 22.9. The average Bonchev–Trinajstić information content (AvgIpc) is 2.70. The number of benzene rings is 2. The lowest BCUT2D eigenvalue weighted by atomic mass is 9.89. The maximum absolute atomic E-state index is 6.25. The van der Waals surface area contributed by atoms with E-state index in [-0.39, 0.29) is 0 Å². The molecule has 22 heavy (non-hydrogen) atoms. The van der Waals surface area contributed by atoms with Crippen molar-refractivity contribution < 1.29 is 4.74 Å². The summed E-state index contributed by atoms with van der Waals surface area (Å²) in [4.78, 5) is 2.53. The Morgan fingerprint density at radius 3 is 2.73 bits per heavy atom. The lowest BCUT2D eigenvalue weighted by Gasteiger charge is -2.42. The van der Waals surface area contributed by atoms with Gasteiger partial charge in [-0.2, -0.15) is 0 Å². The van der Waals surface area contributed by atoms with E-state index in [1.54, 1.807) is 0 Å². The number of nitrogens with zero attached hydrogens (tertiary/aromatic N) is 1. The van der Waals surface area contributed by atoms with Gasteiger partial charge in [0.25, 0.3) is 0 Å². The molecule has 0 aromatic heterocycles. The van der Waals surface area contributed by atoms with Crippen molar-refractivity contribution in [1.29, 1.82) is 0 Å². The van der Waals surface area contributed by atoms with Crippen LogP contribution in [0.3, 0.4) is 0 Å². The Labute approximate surface area is 131 Å². The average molecular weight is 294 g/mol. The summed E-state index contributed by atoms with van der Waals surface area (Å²) in [5.74, 6) is 1.96. The van der Waals surface area contributed by atoms with Gasteiger partial charge in [-0.1, -0.05) is 37.3 Å². The minimum atomic E-state index is 0.341. The molecule has 2 aromatic carbocycles. The largest absolute Gasteiger partial charge is 0.455 e. The third kappa shape index (κ3) is 2.17. The standard InChI is InChI=1S/C19H22N2O/c1-2-20-15-9-7-13-21-16-10-4-6-12-18(16)22-17-11-5-3-8-14(17)19(15)21/h3-6,8,10-12,15,19-20H,2,7,9,13H2,1H3/t15-,19+/m0/s1. The van der Waals surface area contributed by atoms with Gasteiger partial charge in [-0.25, -0.2) is 0 Å². The molecule has 2 aliphatic rings. The fourth-order valence-corrected chi connectivity index (χ4v) is 3.84. The first-order chi connectivity index (χ1) is 10.9. The molecule has 0 aliphatic carbocycles. The van der Waals surface area contributed by atoms with Crippen molar-refractivity contribution >= 4 is 5.69 Å². The van der Waals surface area contributed by atoms with Gasteiger partial charge in [-0.3, -0.25) is 0 Å². The fourth-order valence-electron chi connectivity index (χ4n) is 3.84. The number of likely N-dealkylation sites (N-methyl/N-ethyl adjacent to an activating group) is 1. The van der Waals surface area contributed by atoms with Crippen LogP contribution in [-0.2, 0) is 0 Å². The van der Waals surface area contributed by atoms with Gasteiger partial charge < -0.3 is 15.0 Å². The van der Waals surface area contributed by atoms with Crippen molar-refractivity contribution in [2.45, 2.75) is 31.8 Å². The highest BCUT2D eigenvalue weighted by Crippen LogP contribution is 2.47. The van der Waals surface area contributed by atoms with Gasteiger partial charge in [-0.05, 0) is 37.6 Å². The molecule has 1 saturated heterocycles. The first-order valence-corrected chi connectivity index (χ1v) is 8.24. The molecule has 0 radical (unpaired) electrons. The Balaban J connectivity index is 1.88. The summed E-state index contributed by atoms with van der Waals surface area (Å²) in [7, 11) is 0. The third-order valence-electron chi connectivity index (χ3n) is 4.73. The number of para-hydroxylation sites is 3. The lowest BCUT2D eigenvalue weighted by Crippen LogP contribution is -2.48. The zero-order valence-electron chi connectivity index (χ0n) is 13.0. The highest BCUT2D eigenvalue weighted by Gasteiger charge is 2.37. The molecule has 1 N–H and O–H groups in total. The van der Waals surface area contributed by atoms with E-state index in [0.717, 1.165) is 24.6 Å². The van der Waals surface area contributed by atoms with Crippen molar-refractivity contribution in [3.63, 3.8) is 0 Å². The van der Waals surface area contributed by atoms with Crippen LogP contribution in [-0.4, -0.2) is 19.1 Å². The molecule has 2 aromatic rings. The maximum atomic E-state index is 6.25. The topological polar surface area (TPSA) is 24.5 Å². The molecule has 0 bridgehead atoms. The Bertz CT molecular complexity index is 668. The van der Waals surface area contributed by atoms with Crippen molar-refractivity contribution in [2.75, 3.05) is 18.0 Å². The molecule has 2 heterocycles. The highest BCUT2D eigenvalue weighted by atomic mass is 16.5. The number of anilines is 1. The van der Waals surface area contributed by atoms with E-state index in [1.165, 1.54) is 24.1 Å². The van der Waals surface area contributed by atoms with E-state index in [0.29, 0.717) is 12.1 Å². The van der Waals surface area contributed by atoms with Crippen molar-refractivity contribution in [1.82, 2.24) is 5.32 Å². The van der Waals surface area contributed by atoms with Crippen molar-refractivity contribution in [3.05, 3.63) is 54.1 Å². The van der Waals surface area contributed by atoms with Crippen LogP contribution < -0.4 is 15.0 Å². The van der Waals surface area contributed by atoms with Gasteiger partial charge in [0.2, 0.25) is 0 Å². The van der Waals surface area contributed by atoms with Crippen LogP contribution in [0, 0.1) is 0 Å². The molecule has 3 heteroatoms. The summed E-state index contributed by atoms with van der Waals surface area (Å²) < 4.78 is 6.25. The van der Waals surface area contributed by atoms with Gasteiger partial charge in [0.1, 0.15) is 5.75 Å². The third-order valence-corrected chi connectivity index (χ3v) is 4.73. The molecule has 0 amide bonds. The van der Waals surface area contributed by atoms with Crippen LogP contribution >= 0.6 is 0 Å². The maximum Gasteiger partial charge on any atom is 0.150 e. The van der Waals surface area contributed by atoms with Gasteiger partial charge in [0.05, 0.1) is 11.7 Å². The van der Waals surface area contributed by atoms with Gasteiger partial charge in [-0.15, -0.1) is 0 Å². The van der Waals surface area contributed by atoms with Gasteiger partial charge >= 0.3 is 0 Å². The summed E-state index contributed by atoms with van der Waals surface area (Å²) in [6, 6.07) is 17.7. The molecule has 0 saturated carbocycles. The van der Waals surface area contributed by atoms with Crippen LogP contribution in [0.25, 0.3) is 0 Å². The number of nitrogens with one attached hydrogen (secondary N) is 1. The Hall–Kier alpha value is -2.00. The fraction of sp³-hybridized carbons (Fsp3) is 0.368. The quantitative estimate of drug-likeness (QED) is 0.902. The van der Waals surface area contributed by atoms with E-state index in [2.05, 4.69) is 59.6 Å². The summed E-state index contributed by atoms with van der Waals surface area (Å²) in [5, 5.41) is 3.69. The summed E-state index contributed by atoms with van der Waals surface area (Å²) >= 11 is 0. The molecule has 4 rings (SSSR count). The van der Waals surface area contributed by atoms with E-state index < -0.39 is 0 Å². The Morgan fingerprint density at radius 2 is 1.86 bits per heavy atom. The summed E-state index contributed by atoms with van der Waals surface area (Å²) in [5.41, 5.74) is 2.51. The van der Waals surface area contributed by atoms with Crippen LogP contribution in [0.5, 0.6) is 11.5 Å². The lowest BCUT2D eigenvalue weighted by molar-refractivity contribution is 0.351. The molecule has 2 atom stereocenters. The predicted octanol–water partition coefficient (Wildman–Crippen LogP) is 4.11. The van der Waals surface area contributed by atoms with Crippen molar-refractivity contribution in [3.8, 4) is 11.5 Å². The molecule has 0 unspecified atom stereocenters. The number of fused-ring (bicyclic) bond motifs is 5. The number of rotatable bonds is 2. The second-order valence-corrected chi connectivity index (χ2v) is 6.05. The highest BCUT2D eigenvalue weighted by molar-refractivity contribution is 5.64. The SMILES string of the molecule is CCN[C@H]1CCCN2c3ccccc3Oc3ccccc3[C@H]12. The molecule has 2 aliphatic heterocycles. The van der Waals surface area contributed by atoms with Crippen LogP contribution in [0.1, 0.15) is 31.4 Å². The molecule has 3 nitrogen and oxygen atoms in total. The van der Waals surface area contributed by atoms with Crippen LogP contribution in [0.15, 0.2) is 48.5 Å². The van der Waals surface area contributed by atoms with E-state index in [1.807, 2.05) is 6.07 Å². The molecular weight excluding hydrogens is 272 g/mol. The summed E-state index contributed by atoms with van der Waals surface area (Å²) in [6.45, 7) is 4.27. The Kier molecular flexibility index (Phi) is 3.51. The minimum Gasteiger partial charge on any atom is -0.455 e. The number of hydrogen-bond donors (Lipinski definition) is 1. The first-order valence-electron chi connectivity index (χ1n) is 8.24. The predicted molar refractivity (Wildman–Crippen MR) is 89.7 cm³/mol. The molecule has 114 valence electrons. The van der Waals surface area contributed by atoms with Crippen LogP contribution in [0.2, 0.25) is 0 Å². The van der Waals surface area contributed by atoms with Gasteiger partial charge in [0, 0.05) is 18.2 Å². The Morgan fingerprint density at radius 1 is 1.09 bits per heavy atom. The zero-order valence-corrected chi connectivity index (χ0v) is 13.0. The second-order valence-electron chi connectivity index (χ2n) is 6.05. The van der Waals surface area contributed by atoms with Crippen LogP contribution in [0.4, 0.5) is 5.69 Å². The van der Waals surface area contributed by atoms with E-state index >= 15 is 0 Å². The van der Waals surface area contributed by atoms with E-state index in [9.17, 15) is 0 Å². The van der Waals surface area contributed by atoms with Crippen molar-refractivity contribution in [2.24, 2.45) is 0 Å². The monoisotopic (exact) mass is 294 g/mol. The minimum absolute atomic E-state index is 0.341. The number of piperidine rings is 1. The molecule has 0 spiro atoms. The number of hydrogen-bond acceptors (Lipinski definition) is 3. The van der Waals surface area contributed by atoms with E-state index in [4.69, 9.17) is 4.74 Å². The number of ether oxygens (including phenoxy) is 1. The molecular formula is C19H22N2O. The zero-order chi connectivity index (χ0) is 14.9. The first kappa shape index (κ1) is 13.6. The second kappa shape index (κ2) is 5.65.